The fourth-order valence-corrected chi connectivity index (χ4v) is 2.02. The van der Waals surface area contributed by atoms with E-state index in [4.69, 9.17) is 21.6 Å². The smallest absolute Gasteiger partial charge is 0.172 e. The maximum atomic E-state index is 13.7. The Kier molecular flexibility index (Phi) is 2.99. The Morgan fingerprint density at radius 2 is 2.38 bits per heavy atom. The second kappa shape index (κ2) is 4.28. The number of aryl methyl sites for hydroxylation is 1. The highest BCUT2D eigenvalue weighted by Gasteiger charge is 2.25. The number of nitriles is 1. The summed E-state index contributed by atoms with van der Waals surface area (Å²) in [6.45, 7) is 0.458. The van der Waals surface area contributed by atoms with Crippen LogP contribution in [0.15, 0.2) is 6.07 Å². The van der Waals surface area contributed by atoms with Crippen LogP contribution < -0.4 is 4.74 Å². The summed E-state index contributed by atoms with van der Waals surface area (Å²) >= 11 is 5.70. The summed E-state index contributed by atoms with van der Waals surface area (Å²) < 4.78 is 19.0. The lowest BCUT2D eigenvalue weighted by atomic mass is 9.99. The van der Waals surface area contributed by atoms with E-state index in [2.05, 4.69) is 0 Å². The molecule has 0 spiro atoms. The van der Waals surface area contributed by atoms with Crippen LogP contribution >= 0.6 is 11.6 Å². The van der Waals surface area contributed by atoms with E-state index in [1.54, 1.807) is 6.07 Å². The highest BCUT2D eigenvalue weighted by atomic mass is 35.5. The van der Waals surface area contributed by atoms with Crippen LogP contribution in [0.25, 0.3) is 0 Å². The van der Waals surface area contributed by atoms with Crippen LogP contribution in [0, 0.1) is 17.1 Å². The average molecular weight is 242 g/mol. The summed E-state index contributed by atoms with van der Waals surface area (Å²) in [5.41, 5.74) is 0.589. The molecule has 84 valence electrons. The molecular weight excluding hydrogens is 233 g/mol. The first-order valence-corrected chi connectivity index (χ1v) is 5.24. The molecule has 1 aliphatic rings. The molecule has 1 N–H and O–H groups in total. The van der Waals surface area contributed by atoms with Gasteiger partial charge in [0.25, 0.3) is 0 Å². The van der Waals surface area contributed by atoms with E-state index >= 15 is 0 Å². The topological polar surface area (TPSA) is 53.2 Å². The molecule has 0 bridgehead atoms. The van der Waals surface area contributed by atoms with Crippen molar-refractivity contribution in [2.24, 2.45) is 0 Å². The second-order valence-electron chi connectivity index (χ2n) is 3.56. The zero-order valence-electron chi connectivity index (χ0n) is 8.33. The summed E-state index contributed by atoms with van der Waals surface area (Å²) in [7, 11) is 0. The van der Waals surface area contributed by atoms with Crippen molar-refractivity contribution in [3.63, 3.8) is 0 Å². The highest BCUT2D eigenvalue weighted by Crippen LogP contribution is 2.38. The lowest BCUT2D eigenvalue weighted by Gasteiger charge is -2.22. The third-order valence-corrected chi connectivity index (χ3v) is 2.79. The summed E-state index contributed by atoms with van der Waals surface area (Å²) in [6, 6.07) is 3.06. The Balaban J connectivity index is 2.64. The van der Waals surface area contributed by atoms with Crippen molar-refractivity contribution in [3.05, 3.63) is 28.0 Å². The lowest BCUT2D eigenvalue weighted by Crippen LogP contribution is -2.13. The van der Waals surface area contributed by atoms with Crippen molar-refractivity contribution in [1.29, 1.82) is 5.26 Å². The molecule has 2 rings (SSSR count). The molecule has 1 aliphatic heterocycles. The van der Waals surface area contributed by atoms with Gasteiger partial charge in [0.15, 0.2) is 11.9 Å². The number of rotatable bonds is 1. The predicted octanol–water partition coefficient (Wildman–Crippen LogP) is 2.36. The van der Waals surface area contributed by atoms with Crippen LogP contribution in [0.5, 0.6) is 5.75 Å². The van der Waals surface area contributed by atoms with Gasteiger partial charge in [0.1, 0.15) is 5.75 Å². The largest absolute Gasteiger partial charge is 0.493 e. The van der Waals surface area contributed by atoms with Gasteiger partial charge in [-0.25, -0.2) is 4.39 Å². The zero-order valence-corrected chi connectivity index (χ0v) is 9.09. The van der Waals surface area contributed by atoms with Crippen molar-refractivity contribution in [2.45, 2.75) is 18.9 Å². The summed E-state index contributed by atoms with van der Waals surface area (Å²) in [5.74, 6) is -0.515. The molecule has 0 fully saturated rings. The molecule has 0 aromatic heterocycles. The highest BCUT2D eigenvalue weighted by molar-refractivity contribution is 6.31. The number of hydrogen-bond acceptors (Lipinski definition) is 3. The number of aliphatic hydroxyl groups excluding tert-OH is 1. The zero-order chi connectivity index (χ0) is 11.7. The van der Waals surface area contributed by atoms with E-state index < -0.39 is 11.9 Å². The molecule has 0 aliphatic carbocycles. The van der Waals surface area contributed by atoms with Gasteiger partial charge in [-0.1, -0.05) is 11.6 Å². The summed E-state index contributed by atoms with van der Waals surface area (Å²) in [4.78, 5) is 0. The molecule has 3 nitrogen and oxygen atoms in total. The third-order valence-electron chi connectivity index (χ3n) is 2.52. The maximum Gasteiger partial charge on any atom is 0.172 e. The maximum absolute atomic E-state index is 13.7. The lowest BCUT2D eigenvalue weighted by molar-refractivity contribution is 0.213. The van der Waals surface area contributed by atoms with E-state index in [1.165, 1.54) is 6.07 Å². The molecule has 1 heterocycles. The fraction of sp³-hybridized carbons (Fsp3) is 0.364. The minimum atomic E-state index is -1.55. The molecule has 1 unspecified atom stereocenters. The van der Waals surface area contributed by atoms with Gasteiger partial charge in [0.2, 0.25) is 0 Å². The van der Waals surface area contributed by atoms with Crippen LogP contribution in [-0.2, 0) is 6.42 Å². The molecule has 5 heteroatoms. The second-order valence-corrected chi connectivity index (χ2v) is 3.97. The Morgan fingerprint density at radius 3 is 3.06 bits per heavy atom. The number of hydrogen-bond donors (Lipinski definition) is 1. The fourth-order valence-electron chi connectivity index (χ4n) is 1.78. The number of halogens is 2. The summed E-state index contributed by atoms with van der Waals surface area (Å²) in [6.07, 6.45) is -0.0251. The average Bonchev–Trinajstić information content (AvgIpc) is 2.30. The minimum Gasteiger partial charge on any atom is -0.493 e. The molecule has 0 saturated heterocycles. The molecule has 0 radical (unpaired) electrons. The van der Waals surface area contributed by atoms with Crippen LogP contribution in [0.2, 0.25) is 5.02 Å². The molecule has 1 aromatic rings. The van der Waals surface area contributed by atoms with Gasteiger partial charge in [0.05, 0.1) is 23.3 Å². The van der Waals surface area contributed by atoms with Gasteiger partial charge in [-0.05, 0) is 24.5 Å². The van der Waals surface area contributed by atoms with E-state index in [1.807, 2.05) is 0 Å². The predicted molar refractivity (Wildman–Crippen MR) is 55.8 cm³/mol. The van der Waals surface area contributed by atoms with Crippen LogP contribution in [0.4, 0.5) is 4.39 Å². The Bertz CT molecular complexity index is 470. The standard InChI is InChI=1S/C11H9ClFNO2/c12-7-4-6-2-1-3-16-11(6)9(10(7)13)8(15)5-14/h4,8,15H,1-3H2. The number of aliphatic hydroxyl groups is 1. The quantitative estimate of drug-likeness (QED) is 0.768. The molecule has 1 aromatic carbocycles. The van der Waals surface area contributed by atoms with Gasteiger partial charge < -0.3 is 9.84 Å². The Labute approximate surface area is 97.0 Å². The van der Waals surface area contributed by atoms with Crippen molar-refractivity contribution < 1.29 is 14.2 Å². The molecule has 0 amide bonds. The van der Waals surface area contributed by atoms with Crippen molar-refractivity contribution in [3.8, 4) is 11.8 Å². The van der Waals surface area contributed by atoms with Crippen LogP contribution in [0.3, 0.4) is 0 Å². The number of nitrogens with zero attached hydrogens (tertiary/aromatic N) is 1. The molecule has 0 saturated carbocycles. The van der Waals surface area contributed by atoms with E-state index in [0.29, 0.717) is 13.0 Å². The third kappa shape index (κ3) is 1.73. The Morgan fingerprint density at radius 1 is 1.62 bits per heavy atom. The monoisotopic (exact) mass is 241 g/mol. The minimum absolute atomic E-state index is 0.0893. The van der Waals surface area contributed by atoms with E-state index in [0.717, 1.165) is 12.0 Å². The van der Waals surface area contributed by atoms with Crippen LogP contribution in [-0.4, -0.2) is 11.7 Å². The van der Waals surface area contributed by atoms with Crippen molar-refractivity contribution in [1.82, 2.24) is 0 Å². The van der Waals surface area contributed by atoms with Crippen molar-refractivity contribution >= 4 is 11.6 Å². The first kappa shape index (κ1) is 11.2. The number of fused-ring (bicyclic) bond motifs is 1. The van der Waals surface area contributed by atoms with Gasteiger partial charge in [-0.15, -0.1) is 0 Å². The van der Waals surface area contributed by atoms with Crippen LogP contribution in [0.1, 0.15) is 23.7 Å². The molecular formula is C11H9ClFNO2. The number of ether oxygens (including phenoxy) is 1. The first-order chi connectivity index (χ1) is 7.65. The van der Waals surface area contributed by atoms with Gasteiger partial charge in [-0.2, -0.15) is 5.26 Å². The van der Waals surface area contributed by atoms with Gasteiger partial charge in [0, 0.05) is 0 Å². The molecule has 1 atom stereocenters. The van der Waals surface area contributed by atoms with E-state index in [9.17, 15) is 9.50 Å². The normalized spacial score (nSPS) is 15.9. The first-order valence-electron chi connectivity index (χ1n) is 4.86. The summed E-state index contributed by atoms with van der Waals surface area (Å²) in [5, 5.41) is 18.0. The Hall–Kier alpha value is -1.31. The van der Waals surface area contributed by atoms with Gasteiger partial charge >= 0.3 is 0 Å². The SMILES string of the molecule is N#CC(O)c1c(F)c(Cl)cc2c1OCCC2. The molecule has 16 heavy (non-hydrogen) atoms. The van der Waals surface area contributed by atoms with E-state index in [-0.39, 0.29) is 16.3 Å². The number of benzene rings is 1. The van der Waals surface area contributed by atoms with Crippen molar-refractivity contribution in [2.75, 3.05) is 6.61 Å². The van der Waals surface area contributed by atoms with Gasteiger partial charge in [-0.3, -0.25) is 0 Å².